The van der Waals surface area contributed by atoms with E-state index in [1.165, 1.54) is 5.56 Å². The zero-order valence-electron chi connectivity index (χ0n) is 9.46. The molecule has 0 saturated heterocycles. The zero-order valence-corrected chi connectivity index (χ0v) is 9.46. The van der Waals surface area contributed by atoms with E-state index in [4.69, 9.17) is 0 Å². The lowest BCUT2D eigenvalue weighted by molar-refractivity contribution is 0.462. The predicted molar refractivity (Wildman–Crippen MR) is 65.4 cm³/mol. The molecule has 1 nitrogen and oxygen atoms in total. The van der Waals surface area contributed by atoms with Gasteiger partial charge in [0.25, 0.3) is 0 Å². The molecule has 0 aliphatic heterocycles. The summed E-state index contributed by atoms with van der Waals surface area (Å²) >= 11 is 0. The van der Waals surface area contributed by atoms with Crippen molar-refractivity contribution in [2.24, 2.45) is 0 Å². The summed E-state index contributed by atoms with van der Waals surface area (Å²) in [6, 6.07) is 4.02. The first kappa shape index (κ1) is 11.6. The second-order valence-corrected chi connectivity index (χ2v) is 3.87. The van der Waals surface area contributed by atoms with Gasteiger partial charge in [-0.05, 0) is 24.5 Å². The van der Waals surface area contributed by atoms with Gasteiger partial charge in [-0.15, -0.1) is 13.2 Å². The summed E-state index contributed by atoms with van der Waals surface area (Å²) in [4.78, 5) is 0. The highest BCUT2D eigenvalue weighted by atomic mass is 16.3. The minimum absolute atomic E-state index is 0.175. The molecule has 0 aliphatic carbocycles. The molecule has 1 aromatic rings. The molecule has 0 aromatic heterocycles. The van der Waals surface area contributed by atoms with E-state index in [9.17, 15) is 5.11 Å². The van der Waals surface area contributed by atoms with Crippen LogP contribution in [0, 0.1) is 6.92 Å². The van der Waals surface area contributed by atoms with E-state index in [1.54, 1.807) is 0 Å². The fraction of sp³-hybridized carbons (Fsp3) is 0.286. The molecule has 1 atom stereocenters. The molecule has 0 saturated carbocycles. The smallest absolute Gasteiger partial charge is 0.122 e. The van der Waals surface area contributed by atoms with E-state index >= 15 is 0 Å². The topological polar surface area (TPSA) is 20.2 Å². The second-order valence-electron chi connectivity index (χ2n) is 3.87. The van der Waals surface area contributed by atoms with E-state index in [-0.39, 0.29) is 5.92 Å². The number of hydrogen-bond acceptors (Lipinski definition) is 1. The molecule has 1 aromatic carbocycles. The quantitative estimate of drug-likeness (QED) is 0.738. The third-order valence-electron chi connectivity index (χ3n) is 2.61. The summed E-state index contributed by atoms with van der Waals surface area (Å²) in [5.41, 5.74) is 3.05. The lowest BCUT2D eigenvalue weighted by Crippen LogP contribution is -1.94. The van der Waals surface area contributed by atoms with Crippen molar-refractivity contribution in [2.75, 3.05) is 0 Å². The van der Waals surface area contributed by atoms with Crippen molar-refractivity contribution >= 4 is 0 Å². The van der Waals surface area contributed by atoms with Gasteiger partial charge in [-0.25, -0.2) is 0 Å². The first-order chi connectivity index (χ1) is 7.10. The summed E-state index contributed by atoms with van der Waals surface area (Å²) < 4.78 is 0. The van der Waals surface area contributed by atoms with Crippen molar-refractivity contribution < 1.29 is 5.11 Å². The molecular weight excluding hydrogens is 184 g/mol. The fourth-order valence-corrected chi connectivity index (χ4v) is 1.64. The molecule has 0 fully saturated rings. The van der Waals surface area contributed by atoms with Crippen LogP contribution in [-0.2, 0) is 6.42 Å². The van der Waals surface area contributed by atoms with Crippen LogP contribution in [0.3, 0.4) is 0 Å². The SMILES string of the molecule is C=CCc1cc(C)c(O)c(C(C)C=C)c1. The summed E-state index contributed by atoms with van der Waals surface area (Å²) in [5.74, 6) is 0.559. The highest BCUT2D eigenvalue weighted by molar-refractivity contribution is 5.46. The molecule has 80 valence electrons. The second kappa shape index (κ2) is 4.83. The number of allylic oxidation sites excluding steroid dienone is 2. The molecule has 0 radical (unpaired) electrons. The molecule has 1 rings (SSSR count). The molecule has 0 bridgehead atoms. The maximum atomic E-state index is 9.92. The zero-order chi connectivity index (χ0) is 11.4. The van der Waals surface area contributed by atoms with Crippen molar-refractivity contribution in [2.45, 2.75) is 26.2 Å². The minimum Gasteiger partial charge on any atom is -0.507 e. The number of rotatable bonds is 4. The maximum absolute atomic E-state index is 9.92. The molecular formula is C14H18O. The number of hydrogen-bond donors (Lipinski definition) is 1. The maximum Gasteiger partial charge on any atom is 0.122 e. The molecule has 1 heteroatoms. The van der Waals surface area contributed by atoms with E-state index < -0.39 is 0 Å². The van der Waals surface area contributed by atoms with Gasteiger partial charge in [0.15, 0.2) is 0 Å². The third-order valence-corrected chi connectivity index (χ3v) is 2.61. The van der Waals surface area contributed by atoms with Gasteiger partial charge in [-0.1, -0.05) is 31.2 Å². The van der Waals surface area contributed by atoms with Crippen molar-refractivity contribution in [1.82, 2.24) is 0 Å². The Balaban J connectivity index is 3.23. The van der Waals surface area contributed by atoms with Crippen LogP contribution in [-0.4, -0.2) is 5.11 Å². The van der Waals surface area contributed by atoms with Crippen molar-refractivity contribution in [1.29, 1.82) is 0 Å². The first-order valence-corrected chi connectivity index (χ1v) is 5.16. The molecule has 1 unspecified atom stereocenters. The van der Waals surface area contributed by atoms with Gasteiger partial charge < -0.3 is 5.11 Å². The number of phenolic OH excluding ortho intramolecular Hbond substituents is 1. The average Bonchev–Trinajstić information content (AvgIpc) is 2.22. The summed E-state index contributed by atoms with van der Waals surface area (Å²) in [6.45, 7) is 11.4. The van der Waals surface area contributed by atoms with Crippen molar-refractivity contribution in [3.8, 4) is 5.75 Å². The average molecular weight is 202 g/mol. The van der Waals surface area contributed by atoms with E-state index in [2.05, 4.69) is 13.2 Å². The molecule has 1 N–H and O–H groups in total. The van der Waals surface area contributed by atoms with Crippen LogP contribution in [0.4, 0.5) is 0 Å². The first-order valence-electron chi connectivity index (χ1n) is 5.16. The van der Waals surface area contributed by atoms with E-state index in [0.717, 1.165) is 17.5 Å². The molecule has 15 heavy (non-hydrogen) atoms. The summed E-state index contributed by atoms with van der Waals surface area (Å²) in [7, 11) is 0. The number of aromatic hydroxyl groups is 1. The van der Waals surface area contributed by atoms with Crippen LogP contribution in [0.2, 0.25) is 0 Å². The highest BCUT2D eigenvalue weighted by Gasteiger charge is 2.10. The Hall–Kier alpha value is -1.50. The Bertz CT molecular complexity index is 377. The number of aryl methyl sites for hydroxylation is 1. The van der Waals surface area contributed by atoms with Gasteiger partial charge in [0.1, 0.15) is 5.75 Å². The van der Waals surface area contributed by atoms with Crippen molar-refractivity contribution in [3.63, 3.8) is 0 Å². The number of phenols is 1. The molecule has 0 heterocycles. The molecule has 0 spiro atoms. The van der Waals surface area contributed by atoms with Crippen LogP contribution in [0.5, 0.6) is 5.75 Å². The molecule has 0 amide bonds. The van der Waals surface area contributed by atoms with Gasteiger partial charge in [-0.2, -0.15) is 0 Å². The van der Waals surface area contributed by atoms with Crippen LogP contribution in [0.15, 0.2) is 37.4 Å². The van der Waals surface area contributed by atoms with Gasteiger partial charge in [0, 0.05) is 11.5 Å². The minimum atomic E-state index is 0.175. The Morgan fingerprint density at radius 2 is 2.07 bits per heavy atom. The van der Waals surface area contributed by atoms with Gasteiger partial charge in [-0.3, -0.25) is 0 Å². The Kier molecular flexibility index (Phi) is 3.73. The van der Waals surface area contributed by atoms with Crippen LogP contribution >= 0.6 is 0 Å². The standard InChI is InChI=1S/C14H18O/c1-5-7-12-8-11(4)14(15)13(9-12)10(3)6-2/h5-6,8-10,15H,1-2,7H2,3-4H3. The van der Waals surface area contributed by atoms with Gasteiger partial charge in [0.2, 0.25) is 0 Å². The van der Waals surface area contributed by atoms with E-state index in [1.807, 2.05) is 38.1 Å². The molecule has 0 aliphatic rings. The summed E-state index contributed by atoms with van der Waals surface area (Å²) in [6.07, 6.45) is 4.54. The van der Waals surface area contributed by atoms with Crippen LogP contribution < -0.4 is 0 Å². The summed E-state index contributed by atoms with van der Waals surface area (Å²) in [5, 5.41) is 9.92. The van der Waals surface area contributed by atoms with Crippen molar-refractivity contribution in [3.05, 3.63) is 54.1 Å². The predicted octanol–water partition coefficient (Wildman–Crippen LogP) is 3.72. The van der Waals surface area contributed by atoms with Crippen LogP contribution in [0.25, 0.3) is 0 Å². The normalized spacial score (nSPS) is 12.1. The lowest BCUT2D eigenvalue weighted by Gasteiger charge is -2.13. The fourth-order valence-electron chi connectivity index (χ4n) is 1.64. The third kappa shape index (κ3) is 2.50. The monoisotopic (exact) mass is 202 g/mol. The van der Waals surface area contributed by atoms with E-state index in [0.29, 0.717) is 5.75 Å². The Morgan fingerprint density at radius 3 is 2.60 bits per heavy atom. The largest absolute Gasteiger partial charge is 0.507 e. The van der Waals surface area contributed by atoms with Gasteiger partial charge in [0.05, 0.1) is 0 Å². The number of benzene rings is 1. The van der Waals surface area contributed by atoms with Gasteiger partial charge >= 0.3 is 0 Å². The van der Waals surface area contributed by atoms with Crippen LogP contribution in [0.1, 0.15) is 29.5 Å². The Labute approximate surface area is 91.8 Å². The lowest BCUT2D eigenvalue weighted by atomic mass is 9.94. The Morgan fingerprint density at radius 1 is 1.40 bits per heavy atom. The highest BCUT2D eigenvalue weighted by Crippen LogP contribution is 2.31.